The second-order valence-corrected chi connectivity index (χ2v) is 6.21. The van der Waals surface area contributed by atoms with E-state index in [1.807, 2.05) is 0 Å². The molecule has 0 nitrogen and oxygen atoms in total. The first-order chi connectivity index (χ1) is 6.25. The molecule has 0 unspecified atom stereocenters. The van der Waals surface area contributed by atoms with Gasteiger partial charge in [-0.05, 0) is 49.9 Å². The normalized spacial score (nSPS) is 18.0. The van der Waals surface area contributed by atoms with E-state index < -0.39 is 0 Å². The Labute approximate surface area is 83.7 Å². The summed E-state index contributed by atoms with van der Waals surface area (Å²) in [7, 11) is 0.589. The fraction of sp³-hybridized carbons (Fsp3) is 0.500. The van der Waals surface area contributed by atoms with Crippen LogP contribution in [-0.2, 0) is 10.9 Å². The zero-order valence-electron chi connectivity index (χ0n) is 8.47. The van der Waals surface area contributed by atoms with Crippen LogP contribution in [0.5, 0.6) is 0 Å². The molecule has 2 rings (SSSR count). The molecule has 0 saturated carbocycles. The first kappa shape index (κ1) is 9.14. The van der Waals surface area contributed by atoms with Gasteiger partial charge < -0.3 is 0 Å². The number of aryl methyl sites for hydroxylation is 2. The molecule has 0 radical (unpaired) electrons. The predicted molar refractivity (Wildman–Crippen MR) is 60.5 cm³/mol. The average Bonchev–Trinajstić information content (AvgIpc) is 2.53. The van der Waals surface area contributed by atoms with Crippen molar-refractivity contribution in [2.45, 2.75) is 31.6 Å². The summed E-state index contributed by atoms with van der Waals surface area (Å²) in [4.78, 5) is 1.61. The highest BCUT2D eigenvalue weighted by atomic mass is 32.2. The monoisotopic (exact) mass is 193 g/mol. The van der Waals surface area contributed by atoms with Gasteiger partial charge in [-0.2, -0.15) is 0 Å². The van der Waals surface area contributed by atoms with E-state index in [1.54, 1.807) is 4.90 Å². The van der Waals surface area contributed by atoms with Crippen molar-refractivity contribution in [1.82, 2.24) is 0 Å². The lowest BCUT2D eigenvalue weighted by atomic mass is 10.2. The topological polar surface area (TPSA) is 0 Å². The van der Waals surface area contributed by atoms with E-state index in [0.29, 0.717) is 10.9 Å². The first-order valence-corrected chi connectivity index (χ1v) is 6.58. The molecule has 0 aliphatic carbocycles. The standard InChI is InChI=1S/C12H17S/c1-10-7-11(2)9-12(8-10)13-5-3-4-6-13/h7-9H,3-6H2,1-2H3/q+1. The zero-order chi connectivity index (χ0) is 9.26. The van der Waals surface area contributed by atoms with Crippen molar-refractivity contribution in [2.75, 3.05) is 11.5 Å². The Morgan fingerprint density at radius 2 is 1.46 bits per heavy atom. The predicted octanol–water partition coefficient (Wildman–Crippen LogP) is 3.07. The van der Waals surface area contributed by atoms with E-state index in [2.05, 4.69) is 32.0 Å². The van der Waals surface area contributed by atoms with Gasteiger partial charge in [0.15, 0.2) is 4.90 Å². The molecule has 0 amide bonds. The van der Waals surface area contributed by atoms with Gasteiger partial charge in [0.2, 0.25) is 0 Å². The van der Waals surface area contributed by atoms with Gasteiger partial charge in [0.25, 0.3) is 0 Å². The van der Waals surface area contributed by atoms with E-state index in [0.717, 1.165) is 0 Å². The SMILES string of the molecule is Cc1cc(C)cc([S+]2CCCC2)c1. The quantitative estimate of drug-likeness (QED) is 0.601. The van der Waals surface area contributed by atoms with Crippen LogP contribution in [0.1, 0.15) is 24.0 Å². The minimum Gasteiger partial charge on any atom is -0.0560 e. The fourth-order valence-electron chi connectivity index (χ4n) is 1.99. The van der Waals surface area contributed by atoms with Crippen molar-refractivity contribution in [3.8, 4) is 0 Å². The summed E-state index contributed by atoms with van der Waals surface area (Å²) in [6.45, 7) is 4.41. The second-order valence-electron chi connectivity index (χ2n) is 3.93. The maximum Gasteiger partial charge on any atom is 0.155 e. The fourth-order valence-corrected chi connectivity index (χ4v) is 4.48. The number of benzene rings is 1. The zero-order valence-corrected chi connectivity index (χ0v) is 9.29. The first-order valence-electron chi connectivity index (χ1n) is 5.01. The van der Waals surface area contributed by atoms with Crippen molar-refractivity contribution in [3.05, 3.63) is 29.3 Å². The molecule has 0 aromatic heterocycles. The van der Waals surface area contributed by atoms with Crippen molar-refractivity contribution in [2.24, 2.45) is 0 Å². The van der Waals surface area contributed by atoms with Crippen molar-refractivity contribution < 1.29 is 0 Å². The Morgan fingerprint density at radius 3 is 2.00 bits per heavy atom. The van der Waals surface area contributed by atoms with E-state index in [1.165, 1.54) is 35.5 Å². The number of rotatable bonds is 1. The summed E-state index contributed by atoms with van der Waals surface area (Å²) >= 11 is 0. The molecule has 13 heavy (non-hydrogen) atoms. The maximum absolute atomic E-state index is 2.38. The maximum atomic E-state index is 2.38. The average molecular weight is 193 g/mol. The Hall–Kier alpha value is -0.430. The lowest BCUT2D eigenvalue weighted by molar-refractivity contribution is 0.949. The Balaban J connectivity index is 2.28. The van der Waals surface area contributed by atoms with Crippen LogP contribution < -0.4 is 0 Å². The van der Waals surface area contributed by atoms with Gasteiger partial charge in [-0.1, -0.05) is 6.07 Å². The third-order valence-electron chi connectivity index (χ3n) is 2.56. The lowest BCUT2D eigenvalue weighted by Crippen LogP contribution is -2.04. The van der Waals surface area contributed by atoms with Crippen molar-refractivity contribution in [1.29, 1.82) is 0 Å². The van der Waals surface area contributed by atoms with Crippen LogP contribution in [0.4, 0.5) is 0 Å². The third-order valence-corrected chi connectivity index (χ3v) is 5.03. The lowest BCUT2D eigenvalue weighted by Gasteiger charge is -2.02. The molecule has 0 atom stereocenters. The van der Waals surface area contributed by atoms with Crippen LogP contribution in [0.3, 0.4) is 0 Å². The highest BCUT2D eigenvalue weighted by molar-refractivity contribution is 7.97. The highest BCUT2D eigenvalue weighted by Crippen LogP contribution is 2.24. The van der Waals surface area contributed by atoms with E-state index in [-0.39, 0.29) is 0 Å². The molecule has 70 valence electrons. The van der Waals surface area contributed by atoms with Crippen LogP contribution in [0.25, 0.3) is 0 Å². The van der Waals surface area contributed by atoms with Crippen LogP contribution in [0.15, 0.2) is 23.1 Å². The van der Waals surface area contributed by atoms with Gasteiger partial charge in [-0.3, -0.25) is 0 Å². The molecule has 1 aromatic rings. The van der Waals surface area contributed by atoms with Gasteiger partial charge in [0.1, 0.15) is 11.5 Å². The van der Waals surface area contributed by atoms with E-state index in [9.17, 15) is 0 Å². The largest absolute Gasteiger partial charge is 0.155 e. The molecule has 1 aromatic carbocycles. The molecule has 1 aliphatic heterocycles. The number of hydrogen-bond acceptors (Lipinski definition) is 0. The minimum absolute atomic E-state index is 0.589. The summed E-state index contributed by atoms with van der Waals surface area (Å²) in [5.41, 5.74) is 2.85. The van der Waals surface area contributed by atoms with Gasteiger partial charge in [0.05, 0.1) is 0 Å². The molecule has 1 aliphatic rings. The summed E-state index contributed by atoms with van der Waals surface area (Å²) < 4.78 is 0. The van der Waals surface area contributed by atoms with E-state index >= 15 is 0 Å². The highest BCUT2D eigenvalue weighted by Gasteiger charge is 2.26. The van der Waals surface area contributed by atoms with E-state index in [4.69, 9.17) is 0 Å². The summed E-state index contributed by atoms with van der Waals surface area (Å²) in [6, 6.07) is 7.02. The van der Waals surface area contributed by atoms with Crippen LogP contribution >= 0.6 is 0 Å². The van der Waals surface area contributed by atoms with Gasteiger partial charge in [0, 0.05) is 10.9 Å². The minimum atomic E-state index is 0.589. The smallest absolute Gasteiger partial charge is 0.0560 e. The van der Waals surface area contributed by atoms with Crippen molar-refractivity contribution >= 4 is 10.9 Å². The van der Waals surface area contributed by atoms with Crippen LogP contribution in [-0.4, -0.2) is 11.5 Å². The number of hydrogen-bond donors (Lipinski definition) is 0. The van der Waals surface area contributed by atoms with Gasteiger partial charge in [-0.25, -0.2) is 0 Å². The second kappa shape index (κ2) is 3.75. The van der Waals surface area contributed by atoms with Crippen LogP contribution in [0, 0.1) is 13.8 Å². The third kappa shape index (κ3) is 2.08. The molecule has 0 spiro atoms. The molecule has 1 fully saturated rings. The molecule has 0 bridgehead atoms. The molecule has 1 saturated heterocycles. The summed E-state index contributed by atoms with van der Waals surface area (Å²) in [5, 5.41) is 0. The molecular formula is C12H17S+. The van der Waals surface area contributed by atoms with Gasteiger partial charge in [-0.15, -0.1) is 0 Å². The van der Waals surface area contributed by atoms with Crippen molar-refractivity contribution in [3.63, 3.8) is 0 Å². The Morgan fingerprint density at radius 1 is 0.923 bits per heavy atom. The Bertz CT molecular complexity index is 278. The summed E-state index contributed by atoms with van der Waals surface area (Å²) in [6.07, 6.45) is 2.88. The summed E-state index contributed by atoms with van der Waals surface area (Å²) in [5.74, 6) is 2.87. The van der Waals surface area contributed by atoms with Gasteiger partial charge >= 0.3 is 0 Å². The molecule has 1 heterocycles. The molecular weight excluding hydrogens is 176 g/mol. The Kier molecular flexibility index (Phi) is 2.63. The van der Waals surface area contributed by atoms with Crippen LogP contribution in [0.2, 0.25) is 0 Å². The molecule has 1 heteroatoms. The molecule has 0 N–H and O–H groups in total.